The quantitative estimate of drug-likeness (QED) is 0.895. The van der Waals surface area contributed by atoms with Crippen LogP contribution in [-0.2, 0) is 11.2 Å². The number of halogens is 1. The first-order valence-electron chi connectivity index (χ1n) is 7.47. The molecule has 1 atom stereocenters. The predicted molar refractivity (Wildman–Crippen MR) is 92.9 cm³/mol. The van der Waals surface area contributed by atoms with Gasteiger partial charge in [0.2, 0.25) is 5.91 Å². The molecule has 1 unspecified atom stereocenters. The minimum Gasteiger partial charge on any atom is -0.325 e. The summed E-state index contributed by atoms with van der Waals surface area (Å²) in [6.45, 7) is 0.394. The van der Waals surface area contributed by atoms with Gasteiger partial charge in [0.05, 0.1) is 6.54 Å². The molecular formula is C18H19BrN2O. The molecule has 3 nitrogen and oxygen atoms in total. The SMILES string of the molecule is CN(CC(=O)Nc1cccc(Br)c1)C1CCc2ccccc21. The van der Waals surface area contributed by atoms with E-state index in [1.165, 1.54) is 11.1 Å². The van der Waals surface area contributed by atoms with E-state index in [4.69, 9.17) is 0 Å². The van der Waals surface area contributed by atoms with Gasteiger partial charge in [0.15, 0.2) is 0 Å². The minimum atomic E-state index is 0.0185. The van der Waals surface area contributed by atoms with Gasteiger partial charge in [0.25, 0.3) is 0 Å². The van der Waals surface area contributed by atoms with Crippen LogP contribution in [0.2, 0.25) is 0 Å². The average Bonchev–Trinajstić information content (AvgIpc) is 2.91. The number of hydrogen-bond acceptors (Lipinski definition) is 2. The lowest BCUT2D eigenvalue weighted by atomic mass is 10.1. The standard InChI is InChI=1S/C18H19BrN2O/c1-21(17-10-9-13-5-2-3-8-16(13)17)12-18(22)20-15-7-4-6-14(19)11-15/h2-8,11,17H,9-10,12H2,1H3,(H,20,22). The maximum absolute atomic E-state index is 12.2. The number of nitrogens with zero attached hydrogens (tertiary/aromatic N) is 1. The van der Waals surface area contributed by atoms with Gasteiger partial charge in [-0.3, -0.25) is 9.69 Å². The van der Waals surface area contributed by atoms with Gasteiger partial charge in [0, 0.05) is 16.2 Å². The maximum atomic E-state index is 12.2. The Kier molecular flexibility index (Phi) is 4.60. The van der Waals surface area contributed by atoms with E-state index in [9.17, 15) is 4.79 Å². The Morgan fingerprint density at radius 3 is 2.91 bits per heavy atom. The van der Waals surface area contributed by atoms with Crippen molar-refractivity contribution in [2.24, 2.45) is 0 Å². The van der Waals surface area contributed by atoms with E-state index >= 15 is 0 Å². The summed E-state index contributed by atoms with van der Waals surface area (Å²) >= 11 is 3.41. The normalized spacial score (nSPS) is 16.6. The van der Waals surface area contributed by atoms with Crippen LogP contribution in [-0.4, -0.2) is 24.4 Å². The van der Waals surface area contributed by atoms with Gasteiger partial charge < -0.3 is 5.32 Å². The highest BCUT2D eigenvalue weighted by molar-refractivity contribution is 9.10. The smallest absolute Gasteiger partial charge is 0.238 e. The van der Waals surface area contributed by atoms with Crippen molar-refractivity contribution in [3.63, 3.8) is 0 Å². The highest BCUT2D eigenvalue weighted by atomic mass is 79.9. The highest BCUT2D eigenvalue weighted by Gasteiger charge is 2.26. The van der Waals surface area contributed by atoms with Crippen LogP contribution in [0.4, 0.5) is 5.69 Å². The first kappa shape index (κ1) is 15.3. The molecule has 0 aliphatic heterocycles. The summed E-state index contributed by atoms with van der Waals surface area (Å²) < 4.78 is 0.961. The van der Waals surface area contributed by atoms with Crippen molar-refractivity contribution in [2.75, 3.05) is 18.9 Å². The molecule has 22 heavy (non-hydrogen) atoms. The van der Waals surface area contributed by atoms with Crippen LogP contribution in [0.15, 0.2) is 53.0 Å². The molecule has 4 heteroatoms. The molecule has 0 fully saturated rings. The Morgan fingerprint density at radius 1 is 1.27 bits per heavy atom. The molecule has 0 spiro atoms. The van der Waals surface area contributed by atoms with Crippen molar-refractivity contribution in [3.05, 3.63) is 64.1 Å². The molecular weight excluding hydrogens is 340 g/mol. The second kappa shape index (κ2) is 6.63. The Hall–Kier alpha value is -1.65. The number of amides is 1. The van der Waals surface area contributed by atoms with Crippen molar-refractivity contribution < 1.29 is 4.79 Å². The van der Waals surface area contributed by atoms with Gasteiger partial charge in [-0.2, -0.15) is 0 Å². The van der Waals surface area contributed by atoms with E-state index < -0.39 is 0 Å². The molecule has 1 aliphatic rings. The Labute approximate surface area is 139 Å². The lowest BCUT2D eigenvalue weighted by Gasteiger charge is -2.24. The monoisotopic (exact) mass is 358 g/mol. The molecule has 0 radical (unpaired) electrons. The summed E-state index contributed by atoms with van der Waals surface area (Å²) in [4.78, 5) is 14.4. The van der Waals surface area contributed by atoms with Gasteiger partial charge in [-0.1, -0.05) is 46.3 Å². The van der Waals surface area contributed by atoms with Crippen LogP contribution in [0.25, 0.3) is 0 Å². The van der Waals surface area contributed by atoms with Crippen LogP contribution in [0.5, 0.6) is 0 Å². The molecule has 114 valence electrons. The van der Waals surface area contributed by atoms with Crippen molar-refractivity contribution in [1.29, 1.82) is 0 Å². The first-order valence-corrected chi connectivity index (χ1v) is 8.26. The van der Waals surface area contributed by atoms with Crippen LogP contribution >= 0.6 is 15.9 Å². The molecule has 0 saturated carbocycles. The van der Waals surface area contributed by atoms with Crippen LogP contribution in [0, 0.1) is 0 Å². The lowest BCUT2D eigenvalue weighted by molar-refractivity contribution is -0.117. The summed E-state index contributed by atoms with van der Waals surface area (Å²) in [5.74, 6) is 0.0185. The second-order valence-electron chi connectivity index (χ2n) is 5.73. The lowest BCUT2D eigenvalue weighted by Crippen LogP contribution is -2.32. The number of anilines is 1. The summed E-state index contributed by atoms with van der Waals surface area (Å²) in [7, 11) is 2.02. The highest BCUT2D eigenvalue weighted by Crippen LogP contribution is 2.34. The van der Waals surface area contributed by atoms with Gasteiger partial charge in [-0.15, -0.1) is 0 Å². The Bertz CT molecular complexity index is 686. The number of fused-ring (bicyclic) bond motifs is 1. The van der Waals surface area contributed by atoms with Crippen molar-refractivity contribution >= 4 is 27.5 Å². The summed E-state index contributed by atoms with van der Waals surface area (Å²) in [6.07, 6.45) is 2.18. The molecule has 1 amide bonds. The van der Waals surface area contributed by atoms with Crippen molar-refractivity contribution in [1.82, 2.24) is 4.90 Å². The van der Waals surface area contributed by atoms with Crippen LogP contribution < -0.4 is 5.32 Å². The summed E-state index contributed by atoms with van der Waals surface area (Å²) in [5, 5.41) is 2.95. The largest absolute Gasteiger partial charge is 0.325 e. The molecule has 2 aromatic carbocycles. The fourth-order valence-corrected chi connectivity index (χ4v) is 3.50. The zero-order valence-corrected chi connectivity index (χ0v) is 14.1. The fraction of sp³-hybridized carbons (Fsp3) is 0.278. The van der Waals surface area contributed by atoms with E-state index in [2.05, 4.69) is 50.4 Å². The van der Waals surface area contributed by atoms with Crippen LogP contribution in [0.1, 0.15) is 23.6 Å². The molecule has 0 heterocycles. The number of likely N-dealkylation sites (N-methyl/N-ethyl adjacent to an activating group) is 1. The topological polar surface area (TPSA) is 32.3 Å². The zero-order valence-electron chi connectivity index (χ0n) is 12.6. The van der Waals surface area contributed by atoms with Gasteiger partial charge in [-0.25, -0.2) is 0 Å². The number of benzene rings is 2. The third-order valence-corrected chi connectivity index (χ3v) is 4.63. The number of rotatable bonds is 4. The molecule has 3 rings (SSSR count). The van der Waals surface area contributed by atoms with Crippen molar-refractivity contribution in [3.8, 4) is 0 Å². The summed E-state index contributed by atoms with van der Waals surface area (Å²) in [5.41, 5.74) is 3.59. The van der Waals surface area contributed by atoms with E-state index in [0.717, 1.165) is 23.0 Å². The average molecular weight is 359 g/mol. The predicted octanol–water partition coefficient (Wildman–Crippen LogP) is 4.01. The van der Waals surface area contributed by atoms with Gasteiger partial charge in [0.1, 0.15) is 0 Å². The van der Waals surface area contributed by atoms with Crippen LogP contribution in [0.3, 0.4) is 0 Å². The van der Waals surface area contributed by atoms with E-state index in [1.807, 2.05) is 31.3 Å². The van der Waals surface area contributed by atoms with E-state index in [0.29, 0.717) is 12.6 Å². The van der Waals surface area contributed by atoms with Crippen molar-refractivity contribution in [2.45, 2.75) is 18.9 Å². The first-order chi connectivity index (χ1) is 10.6. The molecule has 0 bridgehead atoms. The Morgan fingerprint density at radius 2 is 2.09 bits per heavy atom. The second-order valence-corrected chi connectivity index (χ2v) is 6.64. The number of aryl methyl sites for hydroxylation is 1. The molecule has 0 saturated heterocycles. The van der Waals surface area contributed by atoms with Gasteiger partial charge >= 0.3 is 0 Å². The fourth-order valence-electron chi connectivity index (χ4n) is 3.10. The summed E-state index contributed by atoms with van der Waals surface area (Å²) in [6, 6.07) is 16.5. The zero-order chi connectivity index (χ0) is 15.5. The number of hydrogen-bond donors (Lipinski definition) is 1. The van der Waals surface area contributed by atoms with E-state index in [1.54, 1.807) is 0 Å². The third-order valence-electron chi connectivity index (χ3n) is 4.13. The molecule has 1 N–H and O–H groups in total. The number of nitrogens with one attached hydrogen (secondary N) is 1. The number of carbonyl (C=O) groups is 1. The van der Waals surface area contributed by atoms with Gasteiger partial charge in [-0.05, 0) is 49.2 Å². The number of carbonyl (C=O) groups excluding carboxylic acids is 1. The van der Waals surface area contributed by atoms with E-state index in [-0.39, 0.29) is 5.91 Å². The molecule has 1 aliphatic carbocycles. The molecule has 2 aromatic rings. The Balaban J connectivity index is 1.62. The molecule has 0 aromatic heterocycles. The third kappa shape index (κ3) is 3.39. The minimum absolute atomic E-state index is 0.0185. The maximum Gasteiger partial charge on any atom is 0.238 e.